The summed E-state index contributed by atoms with van der Waals surface area (Å²) in [6.45, 7) is 6.29. The molecule has 43 heavy (non-hydrogen) atoms. The van der Waals surface area contributed by atoms with E-state index in [0.717, 1.165) is 0 Å². The maximum absolute atomic E-state index is 13.7. The molecule has 4 rings (SSSR count). The Balaban J connectivity index is 1.68. The molecule has 3 atom stereocenters. The van der Waals surface area contributed by atoms with E-state index in [0.29, 0.717) is 5.75 Å². The zero-order valence-electron chi connectivity index (χ0n) is 24.8. The number of fused-ring (bicyclic) bond motifs is 1. The lowest BCUT2D eigenvalue weighted by Crippen LogP contribution is -2.50. The number of aliphatic hydroxyl groups excluding tert-OH is 1. The second-order valence-electron chi connectivity index (χ2n) is 10.6. The van der Waals surface area contributed by atoms with E-state index in [2.05, 4.69) is 9.88 Å². The predicted octanol–water partition coefficient (Wildman–Crippen LogP) is 2.64. The van der Waals surface area contributed by atoms with Crippen molar-refractivity contribution in [3.8, 4) is 11.5 Å². The van der Waals surface area contributed by atoms with Crippen LogP contribution >= 0.6 is 0 Å². The molecule has 0 saturated heterocycles. The lowest BCUT2D eigenvalue weighted by Gasteiger charge is -2.38. The van der Waals surface area contributed by atoms with Gasteiger partial charge in [-0.15, -0.1) is 0 Å². The van der Waals surface area contributed by atoms with Crippen LogP contribution in [0, 0.1) is 19.8 Å². The van der Waals surface area contributed by atoms with Crippen molar-refractivity contribution in [2.45, 2.75) is 49.6 Å². The Kier molecular flexibility index (Phi) is 9.39. The van der Waals surface area contributed by atoms with Crippen LogP contribution in [-0.2, 0) is 20.0 Å². The number of benzene rings is 2. The van der Waals surface area contributed by atoms with Crippen LogP contribution < -0.4 is 14.2 Å². The molecule has 15 heteroatoms. The van der Waals surface area contributed by atoms with Gasteiger partial charge in [0.1, 0.15) is 23.3 Å². The lowest BCUT2D eigenvalue weighted by atomic mass is 9.99. The predicted molar refractivity (Wildman–Crippen MR) is 157 cm³/mol. The third-order valence-corrected chi connectivity index (χ3v) is 10.8. The summed E-state index contributed by atoms with van der Waals surface area (Å²) in [6, 6.07) is 9.71. The Morgan fingerprint density at radius 2 is 1.84 bits per heavy atom. The molecule has 0 spiro atoms. The van der Waals surface area contributed by atoms with Gasteiger partial charge >= 0.3 is 0 Å². The summed E-state index contributed by atoms with van der Waals surface area (Å²) in [4.78, 5) is 15.2. The fourth-order valence-electron chi connectivity index (χ4n) is 4.85. The Hall–Kier alpha value is -3.66. The minimum absolute atomic E-state index is 0.0507. The SMILES string of the molecule is COc1ccc(S(=O)(=O)N(C)C[C@H]2Oc3ccc(NS(=O)(=O)c4c(C)noc4C)cc3C(=O)N([C@H](C)CO)C[C@H]2C)cc1. The smallest absolute Gasteiger partial charge is 0.267 e. The number of nitrogens with zero attached hydrogens (tertiary/aromatic N) is 3. The molecule has 1 aliphatic rings. The van der Waals surface area contributed by atoms with E-state index in [1.54, 1.807) is 19.1 Å². The fourth-order valence-corrected chi connectivity index (χ4v) is 7.41. The summed E-state index contributed by atoms with van der Waals surface area (Å²) < 4.78 is 73.0. The highest BCUT2D eigenvalue weighted by atomic mass is 32.2. The summed E-state index contributed by atoms with van der Waals surface area (Å²) in [5.41, 5.74) is 0.331. The van der Waals surface area contributed by atoms with E-state index in [9.17, 15) is 26.7 Å². The summed E-state index contributed by atoms with van der Waals surface area (Å²) in [7, 11) is -5.07. The molecule has 2 aromatic carbocycles. The van der Waals surface area contributed by atoms with Gasteiger partial charge in [0.15, 0.2) is 10.7 Å². The topological polar surface area (TPSA) is 169 Å². The first-order valence-corrected chi connectivity index (χ1v) is 16.4. The molecule has 0 fully saturated rings. The number of aryl methyl sites for hydroxylation is 2. The van der Waals surface area contributed by atoms with Crippen molar-refractivity contribution in [2.75, 3.05) is 38.6 Å². The zero-order valence-corrected chi connectivity index (χ0v) is 26.4. The second kappa shape index (κ2) is 12.5. The van der Waals surface area contributed by atoms with Gasteiger partial charge in [-0.3, -0.25) is 9.52 Å². The van der Waals surface area contributed by atoms with Crippen molar-refractivity contribution in [1.82, 2.24) is 14.4 Å². The maximum atomic E-state index is 13.7. The number of sulfonamides is 2. The van der Waals surface area contributed by atoms with Crippen molar-refractivity contribution < 1.29 is 40.7 Å². The number of aliphatic hydroxyl groups is 1. The largest absolute Gasteiger partial charge is 0.497 e. The Bertz CT molecular complexity index is 1670. The average molecular weight is 637 g/mol. The van der Waals surface area contributed by atoms with Crippen LogP contribution in [0.1, 0.15) is 35.7 Å². The van der Waals surface area contributed by atoms with Gasteiger partial charge in [0.25, 0.3) is 15.9 Å². The van der Waals surface area contributed by atoms with Crippen molar-refractivity contribution in [3.05, 3.63) is 59.5 Å². The lowest BCUT2D eigenvalue weighted by molar-refractivity contribution is 0.0387. The molecule has 0 saturated carbocycles. The summed E-state index contributed by atoms with van der Waals surface area (Å²) in [5, 5.41) is 13.6. The van der Waals surface area contributed by atoms with Crippen LogP contribution in [0.15, 0.2) is 56.8 Å². The number of hydrogen-bond acceptors (Lipinski definition) is 10. The first-order chi connectivity index (χ1) is 20.2. The number of carbonyl (C=O) groups excluding carboxylic acids is 1. The molecule has 2 heterocycles. The number of ether oxygens (including phenoxy) is 2. The van der Waals surface area contributed by atoms with Crippen LogP contribution in [0.5, 0.6) is 11.5 Å². The van der Waals surface area contributed by atoms with Gasteiger partial charge in [0, 0.05) is 25.2 Å². The van der Waals surface area contributed by atoms with Gasteiger partial charge in [-0.2, -0.15) is 4.31 Å². The third-order valence-electron chi connectivity index (χ3n) is 7.36. The highest BCUT2D eigenvalue weighted by molar-refractivity contribution is 7.92. The van der Waals surface area contributed by atoms with Crippen LogP contribution in [0.2, 0.25) is 0 Å². The van der Waals surface area contributed by atoms with E-state index in [1.165, 1.54) is 67.5 Å². The number of methoxy groups -OCH3 is 1. The highest BCUT2D eigenvalue weighted by Crippen LogP contribution is 2.32. The van der Waals surface area contributed by atoms with Gasteiger partial charge in [0.2, 0.25) is 10.0 Å². The Morgan fingerprint density at radius 1 is 1.16 bits per heavy atom. The van der Waals surface area contributed by atoms with E-state index < -0.39 is 38.1 Å². The normalized spacial score (nSPS) is 18.4. The van der Waals surface area contributed by atoms with Gasteiger partial charge in [-0.25, -0.2) is 16.8 Å². The molecular weight excluding hydrogens is 600 g/mol. The number of likely N-dealkylation sites (N-methyl/N-ethyl adjacent to an activating group) is 1. The number of carbonyl (C=O) groups is 1. The summed E-state index contributed by atoms with van der Waals surface area (Å²) in [6.07, 6.45) is -0.705. The molecule has 0 unspecified atom stereocenters. The number of nitrogens with one attached hydrogen (secondary N) is 1. The summed E-state index contributed by atoms with van der Waals surface area (Å²) in [5.74, 6) is -0.0422. The summed E-state index contributed by atoms with van der Waals surface area (Å²) >= 11 is 0. The minimum atomic E-state index is -4.10. The third kappa shape index (κ3) is 6.64. The van der Waals surface area contributed by atoms with E-state index in [1.807, 2.05) is 6.92 Å². The standard InChI is InChI=1S/C28H36N4O9S2/c1-17-14-32(18(2)16-33)28(34)24-13-21(30-42(35,36)27-19(3)29-41-20(27)4)7-12-25(24)40-26(17)15-31(5)43(37,38)23-10-8-22(39-6)9-11-23/h7-13,17-18,26,30,33H,14-16H2,1-6H3/t17-,18-,26-/m1/s1. The molecular formula is C28H36N4O9S2. The van der Waals surface area contributed by atoms with Crippen LogP contribution in [-0.4, -0.2) is 88.2 Å². The molecule has 1 aliphatic heterocycles. The Labute approximate surface area is 251 Å². The molecule has 0 radical (unpaired) electrons. The van der Waals surface area contributed by atoms with Gasteiger partial charge in [-0.05, 0) is 63.2 Å². The number of rotatable bonds is 10. The average Bonchev–Trinajstić information content (AvgIpc) is 3.32. The molecule has 1 aromatic heterocycles. The molecule has 3 aromatic rings. The Morgan fingerprint density at radius 3 is 2.42 bits per heavy atom. The number of hydrogen-bond donors (Lipinski definition) is 2. The van der Waals surface area contributed by atoms with E-state index in [-0.39, 0.29) is 63.9 Å². The van der Waals surface area contributed by atoms with Crippen LogP contribution in [0.25, 0.3) is 0 Å². The van der Waals surface area contributed by atoms with Crippen molar-refractivity contribution in [2.24, 2.45) is 5.92 Å². The molecule has 13 nitrogen and oxygen atoms in total. The van der Waals surface area contributed by atoms with Crippen LogP contribution in [0.3, 0.4) is 0 Å². The van der Waals surface area contributed by atoms with Gasteiger partial charge in [-0.1, -0.05) is 12.1 Å². The van der Waals surface area contributed by atoms with Crippen molar-refractivity contribution in [3.63, 3.8) is 0 Å². The van der Waals surface area contributed by atoms with E-state index in [4.69, 9.17) is 14.0 Å². The molecule has 234 valence electrons. The number of amides is 1. The van der Waals surface area contributed by atoms with Gasteiger partial charge < -0.3 is 24.0 Å². The number of aromatic nitrogens is 1. The monoisotopic (exact) mass is 636 g/mol. The zero-order chi connectivity index (χ0) is 31.7. The first-order valence-electron chi connectivity index (χ1n) is 13.5. The molecule has 0 bridgehead atoms. The maximum Gasteiger partial charge on any atom is 0.267 e. The molecule has 0 aliphatic carbocycles. The van der Waals surface area contributed by atoms with Crippen LogP contribution in [0.4, 0.5) is 5.69 Å². The first kappa shape index (κ1) is 32.3. The second-order valence-corrected chi connectivity index (χ2v) is 14.2. The number of anilines is 1. The van der Waals surface area contributed by atoms with Crippen molar-refractivity contribution in [1.29, 1.82) is 0 Å². The molecule has 2 N–H and O–H groups in total. The molecule has 1 amide bonds. The highest BCUT2D eigenvalue weighted by Gasteiger charge is 2.36. The fraction of sp³-hybridized carbons (Fsp3) is 0.429. The minimum Gasteiger partial charge on any atom is -0.497 e. The van der Waals surface area contributed by atoms with E-state index >= 15 is 0 Å². The quantitative estimate of drug-likeness (QED) is 0.337. The van der Waals surface area contributed by atoms with Crippen molar-refractivity contribution >= 4 is 31.6 Å². The van der Waals surface area contributed by atoms with Gasteiger partial charge in [0.05, 0.1) is 36.8 Å².